The number of carbonyl (C=O) groups is 1. The number of fused-ring (bicyclic) bond motifs is 1. The first-order chi connectivity index (χ1) is 20.3. The van der Waals surface area contributed by atoms with E-state index >= 15 is 0 Å². The van der Waals surface area contributed by atoms with E-state index in [0.29, 0.717) is 43.4 Å². The summed E-state index contributed by atoms with van der Waals surface area (Å²) in [6.07, 6.45) is 2.12. The fourth-order valence-electron chi connectivity index (χ4n) is 5.29. The van der Waals surface area contributed by atoms with E-state index in [0.717, 1.165) is 33.7 Å². The summed E-state index contributed by atoms with van der Waals surface area (Å²) in [5, 5.41) is 3.33. The summed E-state index contributed by atoms with van der Waals surface area (Å²) in [4.78, 5) is 18.8. The van der Waals surface area contributed by atoms with Gasteiger partial charge in [-0.25, -0.2) is 13.4 Å². The van der Waals surface area contributed by atoms with Crippen molar-refractivity contribution in [2.45, 2.75) is 18.4 Å². The highest BCUT2D eigenvalue weighted by Gasteiger charge is 2.29. The van der Waals surface area contributed by atoms with Gasteiger partial charge in [0.15, 0.2) is 0 Å². The standard InChI is InChI=1S/C32H30ClN5O3S/c1-23(39)34-28-12-14-29(15-13-28)42(40,41)37-19-17-36(18-20-37)22-30-32(25-7-10-27(33)11-8-25)35-31-16-9-26(21-38(30)31)24-5-3-2-4-6-24/h2-16,21H,17-20,22H2,1H3,(H,34,39). The Hall–Kier alpha value is -4.02. The van der Waals surface area contributed by atoms with Crippen LogP contribution in [0.5, 0.6) is 0 Å². The van der Waals surface area contributed by atoms with Gasteiger partial charge >= 0.3 is 0 Å². The predicted octanol–water partition coefficient (Wildman–Crippen LogP) is 5.79. The Bertz CT molecular complexity index is 1830. The molecule has 3 heterocycles. The quantitative estimate of drug-likeness (QED) is 0.256. The topological polar surface area (TPSA) is 87.0 Å². The highest BCUT2D eigenvalue weighted by Crippen LogP contribution is 2.30. The first-order valence-corrected chi connectivity index (χ1v) is 15.5. The molecular formula is C32H30ClN5O3S. The summed E-state index contributed by atoms with van der Waals surface area (Å²) in [7, 11) is -3.65. The van der Waals surface area contributed by atoms with E-state index in [1.165, 1.54) is 23.4 Å². The number of imidazole rings is 1. The van der Waals surface area contributed by atoms with Gasteiger partial charge in [0.2, 0.25) is 15.9 Å². The van der Waals surface area contributed by atoms with Gasteiger partial charge in [0.1, 0.15) is 5.65 Å². The highest BCUT2D eigenvalue weighted by molar-refractivity contribution is 7.89. The summed E-state index contributed by atoms with van der Waals surface area (Å²) < 4.78 is 30.4. The third-order valence-corrected chi connectivity index (χ3v) is 9.62. The molecule has 42 heavy (non-hydrogen) atoms. The number of aromatic nitrogens is 2. The summed E-state index contributed by atoms with van der Waals surface area (Å²) >= 11 is 6.18. The molecule has 1 aliphatic rings. The van der Waals surface area contributed by atoms with Crippen molar-refractivity contribution in [2.75, 3.05) is 31.5 Å². The molecule has 8 nitrogen and oxygen atoms in total. The van der Waals surface area contributed by atoms with Crippen molar-refractivity contribution < 1.29 is 13.2 Å². The van der Waals surface area contributed by atoms with Crippen LogP contribution in [0.4, 0.5) is 5.69 Å². The zero-order valence-corrected chi connectivity index (χ0v) is 24.6. The average Bonchev–Trinajstić information content (AvgIpc) is 3.35. The van der Waals surface area contributed by atoms with Crippen LogP contribution in [-0.4, -0.2) is 59.1 Å². The second-order valence-electron chi connectivity index (χ2n) is 10.3. The van der Waals surface area contributed by atoms with Crippen molar-refractivity contribution in [3.05, 3.63) is 108 Å². The summed E-state index contributed by atoms with van der Waals surface area (Å²) in [5.74, 6) is -0.205. The molecule has 0 bridgehead atoms. The number of halogens is 1. The van der Waals surface area contributed by atoms with Crippen LogP contribution in [-0.2, 0) is 21.4 Å². The minimum atomic E-state index is -3.65. The lowest BCUT2D eigenvalue weighted by Gasteiger charge is -2.34. The van der Waals surface area contributed by atoms with Crippen LogP contribution >= 0.6 is 11.6 Å². The molecule has 0 aliphatic carbocycles. The van der Waals surface area contributed by atoms with E-state index in [1.807, 2.05) is 48.5 Å². The first-order valence-electron chi connectivity index (χ1n) is 13.7. The van der Waals surface area contributed by atoms with Gasteiger partial charge in [-0.05, 0) is 59.7 Å². The lowest BCUT2D eigenvalue weighted by atomic mass is 10.1. The van der Waals surface area contributed by atoms with Crippen molar-refractivity contribution in [3.63, 3.8) is 0 Å². The van der Waals surface area contributed by atoms with Gasteiger partial charge in [0.05, 0.1) is 16.3 Å². The molecule has 2 aromatic heterocycles. The minimum absolute atomic E-state index is 0.205. The number of nitrogens with one attached hydrogen (secondary N) is 1. The molecule has 0 unspecified atom stereocenters. The van der Waals surface area contributed by atoms with Gasteiger partial charge in [-0.15, -0.1) is 0 Å². The lowest BCUT2D eigenvalue weighted by molar-refractivity contribution is -0.114. The second-order valence-corrected chi connectivity index (χ2v) is 12.7. The summed E-state index contributed by atoms with van der Waals surface area (Å²) in [6, 6.07) is 28.3. The maximum Gasteiger partial charge on any atom is 0.243 e. The number of nitrogens with zero attached hydrogens (tertiary/aromatic N) is 4. The Balaban J connectivity index is 1.25. The normalized spacial score (nSPS) is 14.7. The van der Waals surface area contributed by atoms with Gasteiger partial charge in [-0.2, -0.15) is 4.31 Å². The van der Waals surface area contributed by atoms with Crippen LogP contribution in [0.25, 0.3) is 28.0 Å². The third kappa shape index (κ3) is 5.82. The fraction of sp³-hybridized carbons (Fsp3) is 0.188. The third-order valence-electron chi connectivity index (χ3n) is 7.46. The van der Waals surface area contributed by atoms with Gasteiger partial charge < -0.3 is 9.72 Å². The van der Waals surface area contributed by atoms with Crippen LogP contribution in [0.1, 0.15) is 12.6 Å². The van der Waals surface area contributed by atoms with Crippen LogP contribution < -0.4 is 5.32 Å². The van der Waals surface area contributed by atoms with Crippen LogP contribution in [0, 0.1) is 0 Å². The number of sulfonamides is 1. The smallest absolute Gasteiger partial charge is 0.243 e. The van der Waals surface area contributed by atoms with Crippen molar-refractivity contribution in [3.8, 4) is 22.4 Å². The van der Waals surface area contributed by atoms with Crippen molar-refractivity contribution in [2.24, 2.45) is 0 Å². The Labute approximate surface area is 250 Å². The lowest BCUT2D eigenvalue weighted by Crippen LogP contribution is -2.48. The Kier molecular flexibility index (Phi) is 7.83. The summed E-state index contributed by atoms with van der Waals surface area (Å²) in [6.45, 7) is 3.92. The fourth-order valence-corrected chi connectivity index (χ4v) is 6.84. The number of carbonyl (C=O) groups excluding carboxylic acids is 1. The molecule has 1 fully saturated rings. The number of hydrogen-bond donors (Lipinski definition) is 1. The molecule has 0 saturated carbocycles. The van der Waals surface area contributed by atoms with E-state index in [9.17, 15) is 13.2 Å². The molecule has 214 valence electrons. The highest BCUT2D eigenvalue weighted by atomic mass is 35.5. The number of pyridine rings is 1. The van der Waals surface area contributed by atoms with Crippen LogP contribution in [0.2, 0.25) is 5.02 Å². The second kappa shape index (κ2) is 11.7. The molecule has 0 spiro atoms. The Morgan fingerprint density at radius 3 is 2.17 bits per heavy atom. The average molecular weight is 600 g/mol. The molecular weight excluding hydrogens is 570 g/mol. The van der Waals surface area contributed by atoms with Crippen molar-refractivity contribution in [1.82, 2.24) is 18.6 Å². The predicted molar refractivity (Wildman–Crippen MR) is 166 cm³/mol. The van der Waals surface area contributed by atoms with Gasteiger partial charge in [0.25, 0.3) is 0 Å². The van der Waals surface area contributed by atoms with E-state index < -0.39 is 10.0 Å². The zero-order valence-electron chi connectivity index (χ0n) is 23.1. The maximum atomic E-state index is 13.4. The number of amides is 1. The van der Waals surface area contributed by atoms with E-state index in [1.54, 1.807) is 12.1 Å². The van der Waals surface area contributed by atoms with E-state index in [-0.39, 0.29) is 10.8 Å². The Morgan fingerprint density at radius 1 is 0.833 bits per heavy atom. The van der Waals surface area contributed by atoms with E-state index in [2.05, 4.69) is 39.0 Å². The number of piperazine rings is 1. The molecule has 1 amide bonds. The van der Waals surface area contributed by atoms with Crippen LogP contribution in [0.15, 0.2) is 102 Å². The van der Waals surface area contributed by atoms with Crippen molar-refractivity contribution in [1.29, 1.82) is 0 Å². The van der Waals surface area contributed by atoms with Gasteiger partial charge in [-0.3, -0.25) is 9.69 Å². The molecule has 10 heteroatoms. The van der Waals surface area contributed by atoms with Gasteiger partial charge in [-0.1, -0.05) is 54.1 Å². The number of hydrogen-bond acceptors (Lipinski definition) is 5. The molecule has 6 rings (SSSR count). The molecule has 1 N–H and O–H groups in total. The number of rotatable bonds is 7. The molecule has 5 aromatic rings. The molecule has 1 aliphatic heterocycles. The Morgan fingerprint density at radius 2 is 1.50 bits per heavy atom. The summed E-state index contributed by atoms with van der Waals surface area (Å²) in [5.41, 5.74) is 6.51. The first kappa shape index (κ1) is 28.1. The SMILES string of the molecule is CC(=O)Nc1ccc(S(=O)(=O)N2CCN(Cc3c(-c4ccc(Cl)cc4)nc4ccc(-c5ccccc5)cn34)CC2)cc1. The minimum Gasteiger partial charge on any atom is -0.326 e. The van der Waals surface area contributed by atoms with Crippen LogP contribution in [0.3, 0.4) is 0 Å². The molecule has 3 aromatic carbocycles. The monoisotopic (exact) mass is 599 g/mol. The molecule has 0 atom stereocenters. The molecule has 1 saturated heterocycles. The largest absolute Gasteiger partial charge is 0.326 e. The van der Waals surface area contributed by atoms with Gasteiger partial charge in [0, 0.05) is 62.1 Å². The number of anilines is 1. The molecule has 0 radical (unpaired) electrons. The zero-order chi connectivity index (χ0) is 29.3. The van der Waals surface area contributed by atoms with E-state index in [4.69, 9.17) is 16.6 Å². The maximum absolute atomic E-state index is 13.4. The van der Waals surface area contributed by atoms with Crippen molar-refractivity contribution >= 4 is 38.9 Å². The number of benzene rings is 3.